The van der Waals surface area contributed by atoms with Crippen molar-refractivity contribution in [2.24, 2.45) is 4.99 Å². The highest BCUT2D eigenvalue weighted by Gasteiger charge is 1.85. The van der Waals surface area contributed by atoms with Gasteiger partial charge < -0.3 is 5.32 Å². The van der Waals surface area contributed by atoms with Crippen molar-refractivity contribution in [2.45, 2.75) is 27.2 Å². The molecule has 0 aromatic carbocycles. The predicted octanol–water partition coefficient (Wildman–Crippen LogP) is 1.94. The van der Waals surface area contributed by atoms with Crippen molar-refractivity contribution in [1.82, 2.24) is 5.32 Å². The van der Waals surface area contributed by atoms with E-state index in [0.29, 0.717) is 0 Å². The maximum absolute atomic E-state index is 4.11. The van der Waals surface area contributed by atoms with Crippen molar-refractivity contribution in [2.75, 3.05) is 6.54 Å². The van der Waals surface area contributed by atoms with E-state index in [2.05, 4.69) is 17.2 Å². The summed E-state index contributed by atoms with van der Waals surface area (Å²) in [6.07, 6.45) is 4.89. The van der Waals surface area contributed by atoms with E-state index in [9.17, 15) is 0 Å². The normalized spacial score (nSPS) is 12.5. The van der Waals surface area contributed by atoms with Gasteiger partial charge in [0.1, 0.15) is 5.82 Å². The highest BCUT2D eigenvalue weighted by Crippen LogP contribution is 1.88. The van der Waals surface area contributed by atoms with Crippen LogP contribution in [0.5, 0.6) is 0 Å². The molecule has 0 aliphatic heterocycles. The highest BCUT2D eigenvalue weighted by molar-refractivity contribution is 5.55. The van der Waals surface area contributed by atoms with Crippen LogP contribution >= 0.6 is 0 Å². The standard InChI is InChI=1S/C8H16N2/c1-4-7-10-8(5-2)9-6-3/h5-6,10H,4,7H2,1-3H3/b8-5+,9-6-. The minimum absolute atomic E-state index is 0.962. The van der Waals surface area contributed by atoms with Gasteiger partial charge in [0.25, 0.3) is 0 Å². The van der Waals surface area contributed by atoms with Crippen LogP contribution in [0.2, 0.25) is 0 Å². The molecule has 0 rings (SSSR count). The molecule has 58 valence electrons. The van der Waals surface area contributed by atoms with Gasteiger partial charge in [0.2, 0.25) is 0 Å². The van der Waals surface area contributed by atoms with Gasteiger partial charge in [-0.25, -0.2) is 4.99 Å². The lowest BCUT2D eigenvalue weighted by Crippen LogP contribution is -2.12. The molecule has 0 fully saturated rings. The maximum Gasteiger partial charge on any atom is 0.121 e. The van der Waals surface area contributed by atoms with Gasteiger partial charge in [-0.1, -0.05) is 6.92 Å². The molecule has 1 N–H and O–H groups in total. The maximum atomic E-state index is 4.11. The smallest absolute Gasteiger partial charge is 0.121 e. The molecule has 0 atom stereocenters. The minimum Gasteiger partial charge on any atom is -0.370 e. The first kappa shape index (κ1) is 9.21. The number of nitrogens with one attached hydrogen (secondary N) is 1. The largest absolute Gasteiger partial charge is 0.370 e. The Labute approximate surface area is 63.0 Å². The Morgan fingerprint density at radius 1 is 1.50 bits per heavy atom. The monoisotopic (exact) mass is 140 g/mol. The van der Waals surface area contributed by atoms with Crippen molar-refractivity contribution in [1.29, 1.82) is 0 Å². The fourth-order valence-electron chi connectivity index (χ4n) is 0.614. The Morgan fingerprint density at radius 2 is 2.20 bits per heavy atom. The lowest BCUT2D eigenvalue weighted by molar-refractivity contribution is 0.761. The van der Waals surface area contributed by atoms with E-state index in [4.69, 9.17) is 0 Å². The molecule has 2 nitrogen and oxygen atoms in total. The zero-order valence-corrected chi connectivity index (χ0v) is 7.02. The van der Waals surface area contributed by atoms with Gasteiger partial charge in [-0.05, 0) is 26.3 Å². The second-order valence-electron chi connectivity index (χ2n) is 1.99. The quantitative estimate of drug-likeness (QED) is 0.593. The first-order valence-electron chi connectivity index (χ1n) is 3.74. The van der Waals surface area contributed by atoms with Crippen LogP contribution in [-0.2, 0) is 0 Å². The summed E-state index contributed by atoms with van der Waals surface area (Å²) < 4.78 is 0. The van der Waals surface area contributed by atoms with Gasteiger partial charge in [0.05, 0.1) is 0 Å². The van der Waals surface area contributed by atoms with Gasteiger partial charge >= 0.3 is 0 Å². The molecule has 0 bridgehead atoms. The summed E-state index contributed by atoms with van der Waals surface area (Å²) >= 11 is 0. The van der Waals surface area contributed by atoms with Crippen LogP contribution in [-0.4, -0.2) is 12.8 Å². The molecule has 0 radical (unpaired) electrons. The molecule has 2 heteroatoms. The van der Waals surface area contributed by atoms with Crippen molar-refractivity contribution < 1.29 is 0 Å². The summed E-state index contributed by atoms with van der Waals surface area (Å²) in [4.78, 5) is 4.11. The Morgan fingerprint density at radius 3 is 2.60 bits per heavy atom. The molecule has 0 aromatic rings. The number of hydrogen-bond acceptors (Lipinski definition) is 2. The van der Waals surface area contributed by atoms with E-state index < -0.39 is 0 Å². The van der Waals surface area contributed by atoms with Gasteiger partial charge in [-0.2, -0.15) is 0 Å². The van der Waals surface area contributed by atoms with E-state index in [1.807, 2.05) is 19.9 Å². The zero-order valence-electron chi connectivity index (χ0n) is 7.02. The van der Waals surface area contributed by atoms with E-state index in [-0.39, 0.29) is 0 Å². The third kappa shape index (κ3) is 4.13. The molecular formula is C8H16N2. The fraction of sp³-hybridized carbons (Fsp3) is 0.625. The Bertz CT molecular complexity index is 125. The number of rotatable bonds is 4. The Balaban J connectivity index is 3.62. The molecule has 0 spiro atoms. The second kappa shape index (κ2) is 6.33. The third-order valence-corrected chi connectivity index (χ3v) is 1.10. The molecule has 0 saturated heterocycles. The molecule has 0 aliphatic rings. The van der Waals surface area contributed by atoms with Crippen LogP contribution in [0, 0.1) is 0 Å². The third-order valence-electron chi connectivity index (χ3n) is 1.10. The van der Waals surface area contributed by atoms with E-state index >= 15 is 0 Å². The van der Waals surface area contributed by atoms with Crippen molar-refractivity contribution >= 4 is 6.21 Å². The van der Waals surface area contributed by atoms with Crippen LogP contribution in [0.15, 0.2) is 16.9 Å². The summed E-state index contributed by atoms with van der Waals surface area (Å²) in [7, 11) is 0. The lowest BCUT2D eigenvalue weighted by atomic mass is 10.5. The van der Waals surface area contributed by atoms with Crippen LogP contribution in [0.1, 0.15) is 27.2 Å². The van der Waals surface area contributed by atoms with Gasteiger partial charge in [-0.15, -0.1) is 0 Å². The molecule has 0 saturated carbocycles. The van der Waals surface area contributed by atoms with Crippen molar-refractivity contribution in [3.05, 3.63) is 11.9 Å². The van der Waals surface area contributed by atoms with Gasteiger partial charge in [-0.3, -0.25) is 0 Å². The lowest BCUT2D eigenvalue weighted by Gasteiger charge is -2.02. The Hall–Kier alpha value is -0.790. The fourth-order valence-corrected chi connectivity index (χ4v) is 0.614. The van der Waals surface area contributed by atoms with E-state index in [0.717, 1.165) is 18.8 Å². The number of allylic oxidation sites excluding steroid dienone is 1. The van der Waals surface area contributed by atoms with Crippen LogP contribution < -0.4 is 5.32 Å². The molecule has 0 aliphatic carbocycles. The molecule has 10 heavy (non-hydrogen) atoms. The molecule has 0 amide bonds. The SMILES string of the molecule is C/C=N\C(=C/C)NCCC. The van der Waals surface area contributed by atoms with Crippen molar-refractivity contribution in [3.8, 4) is 0 Å². The number of hydrogen-bond donors (Lipinski definition) is 1. The topological polar surface area (TPSA) is 24.4 Å². The van der Waals surface area contributed by atoms with Crippen LogP contribution in [0.4, 0.5) is 0 Å². The average molecular weight is 140 g/mol. The van der Waals surface area contributed by atoms with Crippen LogP contribution in [0.3, 0.4) is 0 Å². The average Bonchev–Trinajstić information content (AvgIpc) is 1.98. The highest BCUT2D eigenvalue weighted by atomic mass is 15.0. The first-order valence-corrected chi connectivity index (χ1v) is 3.74. The van der Waals surface area contributed by atoms with E-state index in [1.165, 1.54) is 0 Å². The zero-order chi connectivity index (χ0) is 7.82. The minimum atomic E-state index is 0.962. The second-order valence-corrected chi connectivity index (χ2v) is 1.99. The molecule has 0 aromatic heterocycles. The summed E-state index contributed by atoms with van der Waals surface area (Å²) in [5.74, 6) is 0.962. The van der Waals surface area contributed by atoms with Crippen LogP contribution in [0.25, 0.3) is 0 Å². The summed E-state index contributed by atoms with van der Waals surface area (Å²) in [5, 5.41) is 3.18. The van der Waals surface area contributed by atoms with Gasteiger partial charge in [0.15, 0.2) is 0 Å². The van der Waals surface area contributed by atoms with E-state index in [1.54, 1.807) is 6.21 Å². The molecular weight excluding hydrogens is 124 g/mol. The predicted molar refractivity (Wildman–Crippen MR) is 46.2 cm³/mol. The first-order chi connectivity index (χ1) is 4.85. The summed E-state index contributed by atoms with van der Waals surface area (Å²) in [6.45, 7) is 7.02. The summed E-state index contributed by atoms with van der Waals surface area (Å²) in [6, 6.07) is 0. The molecule has 0 heterocycles. The summed E-state index contributed by atoms with van der Waals surface area (Å²) in [5.41, 5.74) is 0. The Kier molecular flexibility index (Phi) is 5.83. The number of aliphatic imine (C=N–C) groups is 1. The van der Waals surface area contributed by atoms with Gasteiger partial charge in [0, 0.05) is 12.8 Å². The van der Waals surface area contributed by atoms with Crippen molar-refractivity contribution in [3.63, 3.8) is 0 Å². The molecule has 0 unspecified atom stereocenters. The number of nitrogens with zero attached hydrogens (tertiary/aromatic N) is 1.